The van der Waals surface area contributed by atoms with Crippen LogP contribution in [0.1, 0.15) is 48.4 Å². The van der Waals surface area contributed by atoms with Crippen molar-refractivity contribution in [3.63, 3.8) is 0 Å². The van der Waals surface area contributed by atoms with Crippen LogP contribution in [-0.4, -0.2) is 24.1 Å². The minimum atomic E-state index is -0.874. The summed E-state index contributed by atoms with van der Waals surface area (Å²) in [5, 5.41) is 0. The van der Waals surface area contributed by atoms with E-state index in [9.17, 15) is 18.4 Å². The van der Waals surface area contributed by atoms with E-state index >= 15 is 0 Å². The van der Waals surface area contributed by atoms with Crippen molar-refractivity contribution >= 4 is 11.9 Å². The fourth-order valence-electron chi connectivity index (χ4n) is 3.17. The van der Waals surface area contributed by atoms with E-state index in [1.165, 1.54) is 48.5 Å². The van der Waals surface area contributed by atoms with Crippen LogP contribution in [0.2, 0.25) is 0 Å². The second kappa shape index (κ2) is 8.84. The summed E-state index contributed by atoms with van der Waals surface area (Å²) in [7, 11) is 0. The molecule has 162 valence electrons. The number of carbonyl (C=O) groups excluding carboxylic acids is 2. The lowest BCUT2D eigenvalue weighted by atomic mass is 9.80. The van der Waals surface area contributed by atoms with Crippen molar-refractivity contribution in [1.82, 2.24) is 0 Å². The lowest BCUT2D eigenvalue weighted by Crippen LogP contribution is -2.38. The molecular formula is C25H24F2O4. The van der Waals surface area contributed by atoms with Gasteiger partial charge in [-0.2, -0.15) is 0 Å². The minimum Gasteiger partial charge on any atom is -0.450 e. The summed E-state index contributed by atoms with van der Waals surface area (Å²) >= 11 is 0. The van der Waals surface area contributed by atoms with Gasteiger partial charge in [0.25, 0.3) is 0 Å². The van der Waals surface area contributed by atoms with E-state index < -0.39 is 35.8 Å². The normalized spacial score (nSPS) is 18.6. The predicted molar refractivity (Wildman–Crippen MR) is 113 cm³/mol. The standard InChI is InChI=1S/C25H24F2O4/c1-15-13-18(25(2,3)4)14-21(30-23(28)16-5-9-19(26)10-6-16)22(15)31-24(29)17-7-11-20(27)12-8-17/h5-14,21-22H,1-4H3. The Balaban J connectivity index is 1.87. The molecular weight excluding hydrogens is 402 g/mol. The predicted octanol–water partition coefficient (Wildman–Crippen LogP) is 5.65. The summed E-state index contributed by atoms with van der Waals surface area (Å²) in [5.41, 5.74) is 1.77. The van der Waals surface area contributed by atoms with Crippen LogP contribution < -0.4 is 0 Å². The molecule has 0 bridgehead atoms. The van der Waals surface area contributed by atoms with Crippen molar-refractivity contribution in [2.75, 3.05) is 0 Å². The maximum atomic E-state index is 13.2. The Morgan fingerprint density at radius 1 is 0.806 bits per heavy atom. The molecule has 2 atom stereocenters. The van der Waals surface area contributed by atoms with Crippen LogP contribution in [0.3, 0.4) is 0 Å². The molecule has 6 heteroatoms. The molecule has 0 fully saturated rings. The molecule has 0 amide bonds. The van der Waals surface area contributed by atoms with Gasteiger partial charge < -0.3 is 9.47 Å². The highest BCUT2D eigenvalue weighted by atomic mass is 19.1. The quantitative estimate of drug-likeness (QED) is 0.593. The van der Waals surface area contributed by atoms with E-state index in [0.717, 1.165) is 5.57 Å². The zero-order valence-corrected chi connectivity index (χ0v) is 17.8. The molecule has 2 aromatic rings. The fourth-order valence-corrected chi connectivity index (χ4v) is 3.17. The third kappa shape index (κ3) is 5.45. The zero-order valence-electron chi connectivity index (χ0n) is 17.8. The molecule has 31 heavy (non-hydrogen) atoms. The first kappa shape index (κ1) is 22.4. The maximum Gasteiger partial charge on any atom is 0.338 e. The topological polar surface area (TPSA) is 52.6 Å². The number of benzene rings is 2. The van der Waals surface area contributed by atoms with Gasteiger partial charge in [0, 0.05) is 0 Å². The van der Waals surface area contributed by atoms with Crippen molar-refractivity contribution in [3.05, 3.63) is 94.6 Å². The van der Waals surface area contributed by atoms with Crippen molar-refractivity contribution in [3.8, 4) is 0 Å². The van der Waals surface area contributed by atoms with Crippen LogP contribution in [-0.2, 0) is 9.47 Å². The van der Waals surface area contributed by atoms with Gasteiger partial charge in [0.1, 0.15) is 11.6 Å². The molecule has 2 aromatic carbocycles. The Hall–Kier alpha value is -3.28. The average molecular weight is 426 g/mol. The average Bonchev–Trinajstić information content (AvgIpc) is 2.70. The van der Waals surface area contributed by atoms with Gasteiger partial charge in [-0.05, 0) is 78.1 Å². The van der Waals surface area contributed by atoms with Crippen LogP contribution in [0.15, 0.2) is 71.8 Å². The fraction of sp³-hybridized carbons (Fsp3) is 0.280. The first-order valence-corrected chi connectivity index (χ1v) is 9.88. The molecule has 0 saturated heterocycles. The van der Waals surface area contributed by atoms with Crippen LogP contribution in [0.25, 0.3) is 0 Å². The number of carbonyl (C=O) groups is 2. The molecule has 0 radical (unpaired) electrons. The highest BCUT2D eigenvalue weighted by molar-refractivity contribution is 5.90. The summed E-state index contributed by atoms with van der Waals surface area (Å²) < 4.78 is 37.7. The number of allylic oxidation sites excluding steroid dienone is 2. The summed E-state index contributed by atoms with van der Waals surface area (Å²) in [5.74, 6) is -2.25. The summed E-state index contributed by atoms with van der Waals surface area (Å²) in [6.45, 7) is 7.85. The van der Waals surface area contributed by atoms with Crippen LogP contribution in [0, 0.1) is 17.0 Å². The Morgan fingerprint density at radius 3 is 1.71 bits per heavy atom. The van der Waals surface area contributed by atoms with E-state index in [0.29, 0.717) is 5.57 Å². The van der Waals surface area contributed by atoms with Crippen LogP contribution >= 0.6 is 0 Å². The van der Waals surface area contributed by atoms with Gasteiger partial charge in [-0.25, -0.2) is 18.4 Å². The number of halogens is 2. The minimum absolute atomic E-state index is 0.183. The van der Waals surface area contributed by atoms with Crippen LogP contribution in [0.4, 0.5) is 8.78 Å². The molecule has 1 aliphatic rings. The van der Waals surface area contributed by atoms with Gasteiger partial charge in [0.05, 0.1) is 11.1 Å². The maximum absolute atomic E-state index is 13.2. The molecule has 0 aliphatic heterocycles. The van der Waals surface area contributed by atoms with Gasteiger partial charge in [-0.1, -0.05) is 26.8 Å². The first-order chi connectivity index (χ1) is 14.5. The number of hydrogen-bond acceptors (Lipinski definition) is 4. The van der Waals surface area contributed by atoms with Gasteiger partial charge in [0.15, 0.2) is 12.2 Å². The SMILES string of the molecule is CC1=CC(C(C)(C)C)=CC(OC(=O)c2ccc(F)cc2)C1OC(=O)c1ccc(F)cc1. The largest absolute Gasteiger partial charge is 0.450 e. The van der Waals surface area contributed by atoms with E-state index in [2.05, 4.69) is 0 Å². The van der Waals surface area contributed by atoms with Gasteiger partial charge in [0.2, 0.25) is 0 Å². The molecule has 1 aliphatic carbocycles. The molecule has 0 spiro atoms. The Labute approximate surface area is 180 Å². The number of ether oxygens (including phenoxy) is 2. The second-order valence-corrected chi connectivity index (χ2v) is 8.47. The highest BCUT2D eigenvalue weighted by Crippen LogP contribution is 2.34. The number of esters is 2. The van der Waals surface area contributed by atoms with Crippen molar-refractivity contribution in [1.29, 1.82) is 0 Å². The van der Waals surface area contributed by atoms with Crippen molar-refractivity contribution in [2.24, 2.45) is 5.41 Å². The molecule has 0 heterocycles. The number of hydrogen-bond donors (Lipinski definition) is 0. The van der Waals surface area contributed by atoms with E-state index in [1.54, 1.807) is 13.0 Å². The van der Waals surface area contributed by atoms with E-state index in [1.807, 2.05) is 26.8 Å². The van der Waals surface area contributed by atoms with Gasteiger partial charge >= 0.3 is 11.9 Å². The first-order valence-electron chi connectivity index (χ1n) is 9.88. The Bertz CT molecular complexity index is 1030. The lowest BCUT2D eigenvalue weighted by Gasteiger charge is -2.33. The van der Waals surface area contributed by atoms with Gasteiger partial charge in [-0.15, -0.1) is 0 Å². The van der Waals surface area contributed by atoms with E-state index in [-0.39, 0.29) is 16.5 Å². The van der Waals surface area contributed by atoms with Crippen molar-refractivity contribution in [2.45, 2.75) is 39.9 Å². The summed E-state index contributed by atoms with van der Waals surface area (Å²) in [6, 6.07) is 10.0. The number of rotatable bonds is 4. The van der Waals surface area contributed by atoms with E-state index in [4.69, 9.17) is 9.47 Å². The zero-order chi connectivity index (χ0) is 22.8. The summed E-state index contributed by atoms with van der Waals surface area (Å²) in [4.78, 5) is 25.3. The second-order valence-electron chi connectivity index (χ2n) is 8.47. The summed E-state index contributed by atoms with van der Waals surface area (Å²) in [6.07, 6.45) is 1.94. The molecule has 3 rings (SSSR count). The highest BCUT2D eigenvalue weighted by Gasteiger charge is 2.34. The molecule has 0 aromatic heterocycles. The van der Waals surface area contributed by atoms with Crippen molar-refractivity contribution < 1.29 is 27.8 Å². The Morgan fingerprint density at radius 2 is 1.26 bits per heavy atom. The van der Waals surface area contributed by atoms with Crippen LogP contribution in [0.5, 0.6) is 0 Å². The lowest BCUT2D eigenvalue weighted by molar-refractivity contribution is -0.0116. The molecule has 2 unspecified atom stereocenters. The molecule has 0 N–H and O–H groups in total. The molecule has 0 saturated carbocycles. The Kier molecular flexibility index (Phi) is 6.39. The third-order valence-corrected chi connectivity index (χ3v) is 4.98. The monoisotopic (exact) mass is 426 g/mol. The third-order valence-electron chi connectivity index (χ3n) is 4.98. The van der Waals surface area contributed by atoms with Gasteiger partial charge in [-0.3, -0.25) is 0 Å². The smallest absolute Gasteiger partial charge is 0.338 e. The molecule has 4 nitrogen and oxygen atoms in total.